The largest absolute Gasteiger partial charge is 0.352 e. The molecule has 126 valence electrons. The smallest absolute Gasteiger partial charge is 0.193 e. The Morgan fingerprint density at radius 3 is 2.33 bits per heavy atom. The zero-order chi connectivity index (χ0) is 15.8. The Balaban J connectivity index is 0.000000510. The van der Waals surface area contributed by atoms with E-state index in [0.29, 0.717) is 11.8 Å². The Morgan fingerprint density at radius 2 is 1.67 bits per heavy atom. The van der Waals surface area contributed by atoms with Gasteiger partial charge in [0.15, 0.2) is 12.6 Å². The van der Waals surface area contributed by atoms with Gasteiger partial charge in [0, 0.05) is 12.3 Å². The highest BCUT2D eigenvalue weighted by atomic mass is 17.1. The maximum Gasteiger partial charge on any atom is 0.193 e. The molecule has 3 fully saturated rings. The van der Waals surface area contributed by atoms with Crippen molar-refractivity contribution in [3.63, 3.8) is 0 Å². The monoisotopic (exact) mass is 302 g/mol. The summed E-state index contributed by atoms with van der Waals surface area (Å²) in [5.41, 5.74) is 0. The van der Waals surface area contributed by atoms with Gasteiger partial charge in [-0.25, -0.2) is 10.1 Å². The van der Waals surface area contributed by atoms with Crippen LogP contribution in [0.15, 0.2) is 0 Å². The average molecular weight is 302 g/mol. The fraction of sp³-hybridized carbons (Fsp3) is 1.00. The first-order valence-corrected chi connectivity index (χ1v) is 8.87. The molecule has 6 atom stereocenters. The summed E-state index contributed by atoms with van der Waals surface area (Å²) in [5.74, 6) is 2.65. The molecule has 3 rings (SSSR count). The summed E-state index contributed by atoms with van der Waals surface area (Å²) < 4.78 is 11.5. The van der Waals surface area contributed by atoms with E-state index in [9.17, 15) is 0 Å². The molecule has 2 heterocycles. The fourth-order valence-electron chi connectivity index (χ4n) is 4.05. The summed E-state index contributed by atoms with van der Waals surface area (Å²) in [7, 11) is 0. The SMILES string of the molecule is CC.CC.C[C@@H]1CC[C@H]2CCOC3O[C@@H](OO)CCC1C32. The predicted octanol–water partition coefficient (Wildman–Crippen LogP) is 4.69. The van der Waals surface area contributed by atoms with Crippen LogP contribution in [-0.4, -0.2) is 24.4 Å². The second-order valence-corrected chi connectivity index (χ2v) is 5.83. The van der Waals surface area contributed by atoms with E-state index in [1.54, 1.807) is 0 Å². The molecule has 21 heavy (non-hydrogen) atoms. The van der Waals surface area contributed by atoms with Crippen LogP contribution in [0.5, 0.6) is 0 Å². The number of hydrogen-bond acceptors (Lipinski definition) is 4. The van der Waals surface area contributed by atoms with Crippen molar-refractivity contribution in [2.24, 2.45) is 23.7 Å². The Hall–Kier alpha value is -0.160. The normalized spacial score (nSPS) is 41.4. The van der Waals surface area contributed by atoms with Crippen molar-refractivity contribution in [3.05, 3.63) is 0 Å². The third-order valence-corrected chi connectivity index (χ3v) is 4.99. The zero-order valence-corrected chi connectivity index (χ0v) is 14.4. The second-order valence-electron chi connectivity index (χ2n) is 5.83. The minimum Gasteiger partial charge on any atom is -0.352 e. The van der Waals surface area contributed by atoms with Gasteiger partial charge >= 0.3 is 0 Å². The van der Waals surface area contributed by atoms with Crippen LogP contribution in [0.2, 0.25) is 0 Å². The highest BCUT2D eigenvalue weighted by Gasteiger charge is 2.47. The summed E-state index contributed by atoms with van der Waals surface area (Å²) in [5, 5.41) is 8.83. The lowest BCUT2D eigenvalue weighted by Gasteiger charge is -2.46. The summed E-state index contributed by atoms with van der Waals surface area (Å²) in [6.45, 7) is 11.1. The van der Waals surface area contributed by atoms with Crippen molar-refractivity contribution in [1.82, 2.24) is 0 Å². The van der Waals surface area contributed by atoms with Crippen LogP contribution in [-0.2, 0) is 14.4 Å². The van der Waals surface area contributed by atoms with Crippen LogP contribution in [0.1, 0.15) is 66.7 Å². The van der Waals surface area contributed by atoms with Gasteiger partial charge in [-0.3, -0.25) is 0 Å². The minimum absolute atomic E-state index is 0.166. The number of ether oxygens (including phenoxy) is 2. The van der Waals surface area contributed by atoms with Crippen LogP contribution < -0.4 is 0 Å². The van der Waals surface area contributed by atoms with Crippen molar-refractivity contribution in [1.29, 1.82) is 0 Å². The molecule has 0 aromatic rings. The van der Waals surface area contributed by atoms with Crippen molar-refractivity contribution in [3.8, 4) is 0 Å². The van der Waals surface area contributed by atoms with Gasteiger partial charge in [0.25, 0.3) is 0 Å². The third-order valence-electron chi connectivity index (χ3n) is 4.99. The molecule has 0 amide bonds. The van der Waals surface area contributed by atoms with E-state index in [-0.39, 0.29) is 6.29 Å². The summed E-state index contributed by atoms with van der Waals surface area (Å²) in [4.78, 5) is 4.40. The number of hydrogen-bond donors (Lipinski definition) is 1. The molecule has 4 heteroatoms. The Kier molecular flexibility index (Phi) is 8.79. The highest BCUT2D eigenvalue weighted by molar-refractivity contribution is 4.91. The van der Waals surface area contributed by atoms with Crippen molar-refractivity contribution >= 4 is 0 Å². The lowest BCUT2D eigenvalue weighted by Crippen LogP contribution is -2.46. The summed E-state index contributed by atoms with van der Waals surface area (Å²) >= 11 is 0. The molecule has 0 spiro atoms. The quantitative estimate of drug-likeness (QED) is 0.564. The molecule has 3 unspecified atom stereocenters. The number of rotatable bonds is 1. The first-order chi connectivity index (χ1) is 10.3. The molecule has 1 saturated carbocycles. The Morgan fingerprint density at radius 1 is 0.952 bits per heavy atom. The Labute approximate surface area is 130 Å². The molecule has 0 bridgehead atoms. The third kappa shape index (κ3) is 4.41. The van der Waals surface area contributed by atoms with Crippen molar-refractivity contribution < 1.29 is 19.6 Å². The van der Waals surface area contributed by atoms with Gasteiger partial charge in [0.2, 0.25) is 0 Å². The van der Waals surface area contributed by atoms with E-state index >= 15 is 0 Å². The summed E-state index contributed by atoms with van der Waals surface area (Å²) in [6.07, 6.45) is 4.97. The van der Waals surface area contributed by atoms with Crippen molar-refractivity contribution in [2.75, 3.05) is 6.61 Å². The lowest BCUT2D eigenvalue weighted by molar-refractivity contribution is -0.381. The van der Waals surface area contributed by atoms with E-state index in [1.165, 1.54) is 19.3 Å². The maximum absolute atomic E-state index is 8.83. The van der Waals surface area contributed by atoms with Gasteiger partial charge in [-0.2, -0.15) is 0 Å². The highest BCUT2D eigenvalue weighted by Crippen LogP contribution is 2.49. The van der Waals surface area contributed by atoms with Crippen LogP contribution in [0, 0.1) is 23.7 Å². The molecule has 1 aliphatic carbocycles. The first kappa shape index (κ1) is 18.9. The molecule has 0 aromatic heterocycles. The predicted molar refractivity (Wildman–Crippen MR) is 83.7 cm³/mol. The summed E-state index contributed by atoms with van der Waals surface area (Å²) in [6, 6.07) is 0. The standard InChI is InChI=1S/C13H22O4.2C2H6/c1-8-2-3-9-6-7-15-13-12(9)10(8)4-5-11(16-13)17-14;2*1-2/h8-14H,2-7H2,1H3;2*1-2H3/t8-,9+,10?,11+,12?,13?;;/m1../s1. The molecule has 1 N–H and O–H groups in total. The van der Waals surface area contributed by atoms with Gasteiger partial charge < -0.3 is 9.47 Å². The average Bonchev–Trinajstić information content (AvgIpc) is 2.76. The van der Waals surface area contributed by atoms with E-state index in [0.717, 1.165) is 31.3 Å². The molecule has 2 saturated heterocycles. The molecule has 2 aliphatic heterocycles. The topological polar surface area (TPSA) is 47.9 Å². The molecular weight excluding hydrogens is 268 g/mol. The minimum atomic E-state index is -0.503. The lowest BCUT2D eigenvalue weighted by atomic mass is 9.64. The van der Waals surface area contributed by atoms with Gasteiger partial charge in [-0.15, -0.1) is 0 Å². The van der Waals surface area contributed by atoms with Crippen LogP contribution in [0.25, 0.3) is 0 Å². The van der Waals surface area contributed by atoms with E-state index in [2.05, 4.69) is 11.8 Å². The molecule has 0 radical (unpaired) electrons. The van der Waals surface area contributed by atoms with Crippen molar-refractivity contribution in [2.45, 2.75) is 79.3 Å². The van der Waals surface area contributed by atoms with E-state index < -0.39 is 6.29 Å². The van der Waals surface area contributed by atoms with E-state index in [4.69, 9.17) is 14.7 Å². The maximum atomic E-state index is 8.83. The van der Waals surface area contributed by atoms with E-state index in [1.807, 2.05) is 27.7 Å². The van der Waals surface area contributed by atoms with Gasteiger partial charge in [0.1, 0.15) is 0 Å². The van der Waals surface area contributed by atoms with Gasteiger partial charge in [-0.1, -0.05) is 41.0 Å². The van der Waals surface area contributed by atoms with Crippen LogP contribution >= 0.6 is 0 Å². The molecule has 0 aromatic carbocycles. The zero-order valence-electron chi connectivity index (χ0n) is 14.4. The van der Waals surface area contributed by atoms with Crippen LogP contribution in [0.4, 0.5) is 0 Å². The fourth-order valence-corrected chi connectivity index (χ4v) is 4.05. The first-order valence-electron chi connectivity index (χ1n) is 8.87. The second kappa shape index (κ2) is 9.78. The molecular formula is C17H34O4. The molecule has 4 nitrogen and oxygen atoms in total. The van der Waals surface area contributed by atoms with Crippen LogP contribution in [0.3, 0.4) is 0 Å². The van der Waals surface area contributed by atoms with Gasteiger partial charge in [0.05, 0.1) is 6.61 Å². The molecule has 3 aliphatic rings. The van der Waals surface area contributed by atoms with Gasteiger partial charge in [-0.05, 0) is 37.0 Å². The Bertz CT molecular complexity index is 272.